The molecule has 0 fully saturated rings. The number of terminal acetylenes is 1. The van der Waals surface area contributed by atoms with Crippen LogP contribution in [0.25, 0.3) is 0 Å². The van der Waals surface area contributed by atoms with Gasteiger partial charge in [0.05, 0.1) is 6.04 Å². The van der Waals surface area contributed by atoms with Gasteiger partial charge in [-0.05, 0) is 28.4 Å². The second kappa shape index (κ2) is 5.77. The van der Waals surface area contributed by atoms with E-state index in [0.29, 0.717) is 0 Å². The van der Waals surface area contributed by atoms with Crippen LogP contribution < -0.4 is 5.32 Å². The average Bonchev–Trinajstić information content (AvgIpc) is 2.48. The topological polar surface area (TPSA) is 12.0 Å². The summed E-state index contributed by atoms with van der Waals surface area (Å²) in [5.41, 5.74) is 0. The fourth-order valence-corrected chi connectivity index (χ4v) is 2.76. The zero-order valence-electron chi connectivity index (χ0n) is 7.81. The van der Waals surface area contributed by atoms with Gasteiger partial charge in [0.15, 0.2) is 0 Å². The summed E-state index contributed by atoms with van der Waals surface area (Å²) in [5, 5.41) is 3.27. The van der Waals surface area contributed by atoms with Crippen molar-refractivity contribution in [1.29, 1.82) is 0 Å². The Kier molecular flexibility index (Phi) is 4.97. The van der Waals surface area contributed by atoms with Crippen LogP contribution in [0.15, 0.2) is 10.5 Å². The fourth-order valence-electron chi connectivity index (χ4n) is 1.02. The van der Waals surface area contributed by atoms with Gasteiger partial charge >= 0.3 is 0 Å². The Morgan fingerprint density at radius 3 is 2.93 bits per heavy atom. The molecular formula is C10H11BrClNS. The van der Waals surface area contributed by atoms with Crippen molar-refractivity contribution in [3.63, 3.8) is 0 Å². The van der Waals surface area contributed by atoms with Crippen molar-refractivity contribution in [3.05, 3.63) is 19.8 Å². The van der Waals surface area contributed by atoms with Crippen LogP contribution in [0.4, 0.5) is 0 Å². The molecule has 0 aliphatic carbocycles. The molecule has 0 spiro atoms. The molecule has 1 unspecified atom stereocenters. The van der Waals surface area contributed by atoms with Crippen molar-refractivity contribution in [3.8, 4) is 12.3 Å². The highest BCUT2D eigenvalue weighted by Crippen LogP contribution is 2.31. The molecule has 1 atom stereocenters. The molecule has 1 aromatic heterocycles. The molecule has 1 aromatic rings. The molecule has 0 saturated carbocycles. The minimum Gasteiger partial charge on any atom is -0.299 e. The molecule has 14 heavy (non-hydrogen) atoms. The fraction of sp³-hybridized carbons (Fsp3) is 0.400. The summed E-state index contributed by atoms with van der Waals surface area (Å²) < 4.78 is 1.74. The third-order valence-electron chi connectivity index (χ3n) is 1.83. The number of nitrogens with one attached hydrogen (secondary N) is 1. The summed E-state index contributed by atoms with van der Waals surface area (Å²) >= 11 is 10.8. The van der Waals surface area contributed by atoms with Gasteiger partial charge in [0.25, 0.3) is 0 Å². The summed E-state index contributed by atoms with van der Waals surface area (Å²) in [6.45, 7) is 2.84. The van der Waals surface area contributed by atoms with Gasteiger partial charge in [0.1, 0.15) is 4.34 Å². The highest BCUT2D eigenvalue weighted by molar-refractivity contribution is 9.10. The molecule has 1 nitrogen and oxygen atoms in total. The van der Waals surface area contributed by atoms with Crippen LogP contribution >= 0.6 is 38.9 Å². The molecule has 0 radical (unpaired) electrons. The highest BCUT2D eigenvalue weighted by Gasteiger charge is 2.06. The highest BCUT2D eigenvalue weighted by atomic mass is 79.9. The molecule has 1 rings (SSSR count). The van der Waals surface area contributed by atoms with Gasteiger partial charge in [-0.2, -0.15) is 0 Å². The van der Waals surface area contributed by atoms with Crippen molar-refractivity contribution in [2.24, 2.45) is 0 Å². The lowest BCUT2D eigenvalue weighted by Crippen LogP contribution is -2.25. The Morgan fingerprint density at radius 2 is 2.50 bits per heavy atom. The van der Waals surface area contributed by atoms with E-state index in [4.69, 9.17) is 18.0 Å². The third kappa shape index (κ3) is 3.29. The quantitative estimate of drug-likeness (QED) is 0.835. The number of hydrogen-bond donors (Lipinski definition) is 1. The van der Waals surface area contributed by atoms with Crippen molar-refractivity contribution >= 4 is 38.9 Å². The maximum Gasteiger partial charge on any atom is 0.107 e. The van der Waals surface area contributed by atoms with Crippen LogP contribution in [-0.2, 0) is 6.54 Å². The lowest BCUT2D eigenvalue weighted by atomic mass is 10.2. The monoisotopic (exact) mass is 291 g/mol. The van der Waals surface area contributed by atoms with Crippen LogP contribution in [0, 0.1) is 12.3 Å². The zero-order valence-corrected chi connectivity index (χ0v) is 11.0. The summed E-state index contributed by atoms with van der Waals surface area (Å²) in [4.78, 5) is 1.19. The standard InChI is InChI=1S/C10H11BrClNS/c1-3-7(4-2)13-6-8-5-9(11)10(12)14-8/h1,5,7,13H,4,6H2,2H3. The summed E-state index contributed by atoms with van der Waals surface area (Å²) in [6, 6.07) is 2.16. The van der Waals surface area contributed by atoms with Gasteiger partial charge in [-0.15, -0.1) is 17.8 Å². The number of rotatable bonds is 4. The number of hydrogen-bond acceptors (Lipinski definition) is 2. The number of thiophene rings is 1. The van der Waals surface area contributed by atoms with E-state index in [1.165, 1.54) is 4.88 Å². The van der Waals surface area contributed by atoms with E-state index >= 15 is 0 Å². The van der Waals surface area contributed by atoms with E-state index in [9.17, 15) is 0 Å². The minimum absolute atomic E-state index is 0.148. The van der Waals surface area contributed by atoms with Gasteiger partial charge in [-0.3, -0.25) is 5.32 Å². The Balaban J connectivity index is 2.50. The third-order valence-corrected chi connectivity index (χ3v) is 4.30. The van der Waals surface area contributed by atoms with E-state index < -0.39 is 0 Å². The van der Waals surface area contributed by atoms with E-state index in [1.807, 2.05) is 6.07 Å². The molecule has 0 aliphatic rings. The van der Waals surface area contributed by atoms with E-state index in [2.05, 4.69) is 34.1 Å². The Hall–Kier alpha value is -0.0100. The zero-order chi connectivity index (χ0) is 10.6. The molecule has 1 heterocycles. The molecule has 0 bridgehead atoms. The van der Waals surface area contributed by atoms with E-state index in [-0.39, 0.29) is 6.04 Å². The second-order valence-electron chi connectivity index (χ2n) is 2.84. The first-order chi connectivity index (χ1) is 6.67. The largest absolute Gasteiger partial charge is 0.299 e. The van der Waals surface area contributed by atoms with Gasteiger partial charge in [0, 0.05) is 15.9 Å². The Morgan fingerprint density at radius 1 is 1.79 bits per heavy atom. The molecule has 0 aromatic carbocycles. The van der Waals surface area contributed by atoms with E-state index in [1.54, 1.807) is 11.3 Å². The molecule has 1 N–H and O–H groups in total. The van der Waals surface area contributed by atoms with Crippen molar-refractivity contribution in [1.82, 2.24) is 5.32 Å². The van der Waals surface area contributed by atoms with Crippen LogP contribution in [0.5, 0.6) is 0 Å². The predicted octanol–water partition coefficient (Wildman–Crippen LogP) is 3.67. The van der Waals surface area contributed by atoms with Crippen molar-refractivity contribution < 1.29 is 0 Å². The first-order valence-corrected chi connectivity index (χ1v) is 6.29. The SMILES string of the molecule is C#CC(CC)NCc1cc(Br)c(Cl)s1. The van der Waals surface area contributed by atoms with Crippen molar-refractivity contribution in [2.45, 2.75) is 25.9 Å². The molecule has 0 amide bonds. The summed E-state index contributed by atoms with van der Waals surface area (Å²) in [7, 11) is 0. The molecule has 76 valence electrons. The van der Waals surface area contributed by atoms with E-state index in [0.717, 1.165) is 21.8 Å². The summed E-state index contributed by atoms with van der Waals surface area (Å²) in [6.07, 6.45) is 6.28. The smallest absolute Gasteiger partial charge is 0.107 e. The maximum atomic E-state index is 5.92. The average molecular weight is 293 g/mol. The Labute approximate surface area is 102 Å². The van der Waals surface area contributed by atoms with Crippen LogP contribution in [-0.4, -0.2) is 6.04 Å². The first kappa shape index (κ1) is 12.1. The maximum absolute atomic E-state index is 5.92. The molecule has 4 heteroatoms. The van der Waals surface area contributed by atoms with Gasteiger partial charge in [0.2, 0.25) is 0 Å². The minimum atomic E-state index is 0.148. The normalized spacial score (nSPS) is 12.4. The molecule has 0 saturated heterocycles. The predicted molar refractivity (Wildman–Crippen MR) is 66.8 cm³/mol. The van der Waals surface area contributed by atoms with Crippen LogP contribution in [0.2, 0.25) is 4.34 Å². The second-order valence-corrected chi connectivity index (χ2v) is 5.44. The van der Waals surface area contributed by atoms with Gasteiger partial charge in [-0.1, -0.05) is 24.4 Å². The van der Waals surface area contributed by atoms with Crippen molar-refractivity contribution in [2.75, 3.05) is 0 Å². The summed E-state index contributed by atoms with van der Waals surface area (Å²) in [5.74, 6) is 2.69. The first-order valence-electron chi connectivity index (χ1n) is 4.30. The van der Waals surface area contributed by atoms with Crippen LogP contribution in [0.3, 0.4) is 0 Å². The van der Waals surface area contributed by atoms with Gasteiger partial charge < -0.3 is 0 Å². The molecular weight excluding hydrogens is 282 g/mol. The molecule has 0 aliphatic heterocycles. The Bertz CT molecular complexity index is 323. The lowest BCUT2D eigenvalue weighted by Gasteiger charge is -2.08. The number of halogens is 2. The van der Waals surface area contributed by atoms with Gasteiger partial charge in [-0.25, -0.2) is 0 Å². The van der Waals surface area contributed by atoms with Crippen LogP contribution in [0.1, 0.15) is 18.2 Å². The lowest BCUT2D eigenvalue weighted by molar-refractivity contribution is 0.597.